The molecule has 0 bridgehead atoms. The number of alkyl halides is 3. The Morgan fingerprint density at radius 3 is 2.61 bits per heavy atom. The van der Waals surface area contributed by atoms with E-state index >= 15 is 0 Å². The highest BCUT2D eigenvalue weighted by Gasteiger charge is 2.31. The molecule has 9 heteroatoms. The van der Waals surface area contributed by atoms with Gasteiger partial charge in [0.05, 0.1) is 22.8 Å². The second-order valence-corrected chi connectivity index (χ2v) is 3.78. The van der Waals surface area contributed by atoms with Gasteiger partial charge in [0.2, 0.25) is 0 Å². The quantitative estimate of drug-likeness (QED) is 0.909. The molecule has 0 aliphatic carbocycles. The molecule has 0 spiro atoms. The lowest BCUT2D eigenvalue weighted by Crippen LogP contribution is -2.10. The first-order valence-electron chi connectivity index (χ1n) is 4.78. The first-order valence-corrected chi connectivity index (χ1v) is 5.15. The van der Waals surface area contributed by atoms with E-state index in [0.717, 1.165) is 12.1 Å². The van der Waals surface area contributed by atoms with E-state index in [1.807, 2.05) is 0 Å². The topological polar surface area (TPSA) is 69.6 Å². The van der Waals surface area contributed by atoms with Gasteiger partial charge in [0.25, 0.3) is 0 Å². The third-order valence-electron chi connectivity index (χ3n) is 2.22. The molecule has 1 heterocycles. The molecule has 0 aliphatic rings. The number of nitrogens with two attached hydrogens (primary N) is 1. The second kappa shape index (κ2) is 4.54. The first kappa shape index (κ1) is 12.8. The van der Waals surface area contributed by atoms with Crippen molar-refractivity contribution in [3.8, 4) is 5.69 Å². The SMILES string of the molecule is NCc1nnnn1-c1ccc(C(F)(F)F)cc1Cl. The molecule has 1 aromatic carbocycles. The number of hydrogen-bond donors (Lipinski definition) is 1. The average Bonchev–Trinajstić information content (AvgIpc) is 2.75. The van der Waals surface area contributed by atoms with Gasteiger partial charge in [-0.1, -0.05) is 11.6 Å². The average molecular weight is 278 g/mol. The predicted octanol–water partition coefficient (Wildman–Crippen LogP) is 1.79. The molecule has 0 saturated carbocycles. The van der Waals surface area contributed by atoms with Gasteiger partial charge < -0.3 is 5.73 Å². The van der Waals surface area contributed by atoms with E-state index in [4.69, 9.17) is 17.3 Å². The van der Waals surface area contributed by atoms with Crippen molar-refractivity contribution in [3.63, 3.8) is 0 Å². The molecule has 1 aromatic heterocycles. The van der Waals surface area contributed by atoms with Crippen molar-refractivity contribution >= 4 is 11.6 Å². The summed E-state index contributed by atoms with van der Waals surface area (Å²) in [5.41, 5.74) is 4.81. The lowest BCUT2D eigenvalue weighted by Gasteiger charge is -2.10. The molecule has 2 N–H and O–H groups in total. The van der Waals surface area contributed by atoms with Crippen molar-refractivity contribution in [2.75, 3.05) is 0 Å². The van der Waals surface area contributed by atoms with E-state index < -0.39 is 11.7 Å². The largest absolute Gasteiger partial charge is 0.416 e. The summed E-state index contributed by atoms with van der Waals surface area (Å²) in [4.78, 5) is 0. The Bertz CT molecular complexity index is 566. The van der Waals surface area contributed by atoms with Crippen LogP contribution in [-0.4, -0.2) is 20.2 Å². The molecule has 0 unspecified atom stereocenters. The van der Waals surface area contributed by atoms with Gasteiger partial charge in [-0.3, -0.25) is 0 Å². The maximum Gasteiger partial charge on any atom is 0.416 e. The normalized spacial score (nSPS) is 11.8. The zero-order chi connectivity index (χ0) is 13.3. The summed E-state index contributed by atoms with van der Waals surface area (Å²) in [5.74, 6) is 0.302. The number of hydrogen-bond acceptors (Lipinski definition) is 4. The van der Waals surface area contributed by atoms with E-state index in [-0.39, 0.29) is 17.3 Å². The lowest BCUT2D eigenvalue weighted by molar-refractivity contribution is -0.137. The standard InChI is InChI=1S/C9H7ClF3N5/c10-6-3-5(9(11,12)13)1-2-7(6)18-8(4-14)15-16-17-18/h1-3H,4,14H2. The van der Waals surface area contributed by atoms with Gasteiger partial charge >= 0.3 is 6.18 Å². The molecule has 2 aromatic rings. The molecule has 0 atom stereocenters. The Morgan fingerprint density at radius 2 is 2.06 bits per heavy atom. The highest BCUT2D eigenvalue weighted by atomic mass is 35.5. The van der Waals surface area contributed by atoms with Crippen LogP contribution in [0.3, 0.4) is 0 Å². The van der Waals surface area contributed by atoms with Gasteiger partial charge in [-0.15, -0.1) is 5.10 Å². The van der Waals surface area contributed by atoms with Crippen LogP contribution < -0.4 is 5.73 Å². The molecular formula is C9H7ClF3N5. The van der Waals surface area contributed by atoms with Crippen LogP contribution in [0, 0.1) is 0 Å². The molecule has 0 amide bonds. The fourth-order valence-electron chi connectivity index (χ4n) is 1.38. The molecule has 18 heavy (non-hydrogen) atoms. The fourth-order valence-corrected chi connectivity index (χ4v) is 1.64. The van der Waals surface area contributed by atoms with E-state index in [2.05, 4.69) is 15.5 Å². The van der Waals surface area contributed by atoms with E-state index in [1.54, 1.807) is 0 Å². The number of rotatable bonds is 2. The number of halogens is 4. The number of nitrogens with zero attached hydrogens (tertiary/aromatic N) is 4. The summed E-state index contributed by atoms with van der Waals surface area (Å²) in [6, 6.07) is 2.92. The van der Waals surface area contributed by atoms with Crippen LogP contribution in [0.25, 0.3) is 5.69 Å². The minimum absolute atomic E-state index is 0.0460. The summed E-state index contributed by atoms with van der Waals surface area (Å²) < 4.78 is 38.6. The molecule has 96 valence electrons. The molecule has 0 saturated heterocycles. The van der Waals surface area contributed by atoms with Gasteiger partial charge in [-0.2, -0.15) is 17.9 Å². The molecule has 0 fully saturated rings. The van der Waals surface area contributed by atoms with Crippen molar-refractivity contribution in [1.82, 2.24) is 20.2 Å². The highest BCUT2D eigenvalue weighted by molar-refractivity contribution is 6.32. The first-order chi connectivity index (χ1) is 8.43. The maximum absolute atomic E-state index is 12.5. The number of tetrazole rings is 1. The third-order valence-corrected chi connectivity index (χ3v) is 2.52. The van der Waals surface area contributed by atoms with Crippen molar-refractivity contribution < 1.29 is 13.2 Å². The Balaban J connectivity index is 2.48. The fraction of sp³-hybridized carbons (Fsp3) is 0.222. The second-order valence-electron chi connectivity index (χ2n) is 3.37. The smallest absolute Gasteiger partial charge is 0.324 e. The van der Waals surface area contributed by atoms with Crippen LogP contribution in [0.15, 0.2) is 18.2 Å². The monoisotopic (exact) mass is 277 g/mol. The van der Waals surface area contributed by atoms with Crippen molar-refractivity contribution in [1.29, 1.82) is 0 Å². The van der Waals surface area contributed by atoms with E-state index in [9.17, 15) is 13.2 Å². The summed E-state index contributed by atoms with van der Waals surface area (Å²) in [6.07, 6.45) is -4.44. The summed E-state index contributed by atoms with van der Waals surface area (Å²) in [5, 5.41) is 10.5. The minimum atomic E-state index is -4.44. The Kier molecular flexibility index (Phi) is 3.22. The van der Waals surface area contributed by atoms with Gasteiger partial charge in [-0.25, -0.2) is 0 Å². The van der Waals surface area contributed by atoms with Crippen molar-refractivity contribution in [3.05, 3.63) is 34.6 Å². The van der Waals surface area contributed by atoms with Crippen molar-refractivity contribution in [2.24, 2.45) is 5.73 Å². The van der Waals surface area contributed by atoms with E-state index in [1.165, 1.54) is 10.7 Å². The lowest BCUT2D eigenvalue weighted by atomic mass is 10.2. The third kappa shape index (κ3) is 2.29. The van der Waals surface area contributed by atoms with E-state index in [0.29, 0.717) is 5.82 Å². The van der Waals surface area contributed by atoms with Crippen LogP contribution in [0.4, 0.5) is 13.2 Å². The minimum Gasteiger partial charge on any atom is -0.324 e. The van der Waals surface area contributed by atoms with Crippen LogP contribution >= 0.6 is 11.6 Å². The van der Waals surface area contributed by atoms with Crippen molar-refractivity contribution in [2.45, 2.75) is 12.7 Å². The number of benzene rings is 1. The van der Waals surface area contributed by atoms with Gasteiger partial charge in [-0.05, 0) is 28.6 Å². The zero-order valence-corrected chi connectivity index (χ0v) is 9.57. The molecule has 2 rings (SSSR count). The molecule has 0 radical (unpaired) electrons. The Hall–Kier alpha value is -1.67. The van der Waals surface area contributed by atoms with Crippen LogP contribution in [0.5, 0.6) is 0 Å². The molecule has 5 nitrogen and oxygen atoms in total. The Labute approximate surface area is 104 Å². The zero-order valence-electron chi connectivity index (χ0n) is 8.82. The van der Waals surface area contributed by atoms with Gasteiger partial charge in [0.1, 0.15) is 0 Å². The summed E-state index contributed by atoms with van der Waals surface area (Å²) in [6.45, 7) is 0.0460. The molecule has 0 aliphatic heterocycles. The van der Waals surface area contributed by atoms with Crippen LogP contribution in [0.1, 0.15) is 11.4 Å². The summed E-state index contributed by atoms with van der Waals surface area (Å²) in [7, 11) is 0. The number of aromatic nitrogens is 4. The van der Waals surface area contributed by atoms with Gasteiger partial charge in [0.15, 0.2) is 5.82 Å². The predicted molar refractivity (Wildman–Crippen MR) is 57.1 cm³/mol. The maximum atomic E-state index is 12.5. The molecular weight excluding hydrogens is 271 g/mol. The van der Waals surface area contributed by atoms with Crippen LogP contribution in [0.2, 0.25) is 5.02 Å². The Morgan fingerprint density at radius 1 is 1.33 bits per heavy atom. The highest BCUT2D eigenvalue weighted by Crippen LogP contribution is 2.33. The summed E-state index contributed by atoms with van der Waals surface area (Å²) >= 11 is 5.80. The van der Waals surface area contributed by atoms with Crippen LogP contribution in [-0.2, 0) is 12.7 Å². The van der Waals surface area contributed by atoms with Gasteiger partial charge in [0, 0.05) is 0 Å².